The number of amides is 2. The summed E-state index contributed by atoms with van der Waals surface area (Å²) in [5.41, 5.74) is 3.50. The molecule has 1 N–H and O–H groups in total. The summed E-state index contributed by atoms with van der Waals surface area (Å²) in [6.45, 7) is 8.87. The molecule has 0 atom stereocenters. The average Bonchev–Trinajstić information content (AvgIpc) is 2.99. The predicted molar refractivity (Wildman–Crippen MR) is 123 cm³/mol. The second kappa shape index (κ2) is 8.47. The molecule has 2 heterocycles. The molecule has 4 aliphatic carbocycles. The van der Waals surface area contributed by atoms with Gasteiger partial charge in [-0.25, -0.2) is 0 Å². The van der Waals surface area contributed by atoms with E-state index in [1.807, 2.05) is 16.6 Å². The maximum atomic E-state index is 13.1. The first-order valence-electron chi connectivity index (χ1n) is 12.6. The molecule has 0 aromatic carbocycles. The number of hydrogen-bond donors (Lipinski definition) is 1. The van der Waals surface area contributed by atoms with E-state index in [4.69, 9.17) is 0 Å². The Bertz CT molecular complexity index is 848. The Balaban J connectivity index is 1.06. The lowest BCUT2D eigenvalue weighted by molar-refractivity contribution is -0.146. The minimum absolute atomic E-state index is 0.119. The van der Waals surface area contributed by atoms with Crippen LogP contribution in [0.15, 0.2) is 0 Å². The van der Waals surface area contributed by atoms with E-state index >= 15 is 0 Å². The molecule has 7 nitrogen and oxygen atoms in total. The highest BCUT2D eigenvalue weighted by atomic mass is 16.2. The fraction of sp³-hybridized carbons (Fsp3) is 0.800. The van der Waals surface area contributed by atoms with Crippen molar-refractivity contribution in [3.63, 3.8) is 0 Å². The molecular formula is C25H39N5O2. The van der Waals surface area contributed by atoms with Gasteiger partial charge in [-0.15, -0.1) is 0 Å². The van der Waals surface area contributed by atoms with Gasteiger partial charge in [0.25, 0.3) is 0 Å². The molecule has 0 radical (unpaired) electrons. The van der Waals surface area contributed by atoms with Gasteiger partial charge in [0.05, 0.1) is 5.69 Å². The number of hydrogen-bond acceptors (Lipinski definition) is 4. The average molecular weight is 442 g/mol. The van der Waals surface area contributed by atoms with Crippen LogP contribution >= 0.6 is 0 Å². The molecule has 5 fully saturated rings. The first-order chi connectivity index (χ1) is 15.3. The smallest absolute Gasteiger partial charge is 0.226 e. The van der Waals surface area contributed by atoms with Crippen LogP contribution in [-0.2, 0) is 23.2 Å². The van der Waals surface area contributed by atoms with Crippen LogP contribution in [0.1, 0.15) is 61.9 Å². The number of aryl methyl sites for hydroxylation is 2. The fourth-order valence-electron chi connectivity index (χ4n) is 7.44. The van der Waals surface area contributed by atoms with Gasteiger partial charge in [0, 0.05) is 69.4 Å². The molecule has 32 heavy (non-hydrogen) atoms. The van der Waals surface area contributed by atoms with Crippen LogP contribution in [0.2, 0.25) is 0 Å². The van der Waals surface area contributed by atoms with Crippen molar-refractivity contribution in [2.24, 2.45) is 30.2 Å². The van der Waals surface area contributed by atoms with Gasteiger partial charge >= 0.3 is 0 Å². The summed E-state index contributed by atoms with van der Waals surface area (Å²) in [6, 6.07) is 0. The highest BCUT2D eigenvalue weighted by molar-refractivity contribution is 5.84. The van der Waals surface area contributed by atoms with Crippen LogP contribution in [0.3, 0.4) is 0 Å². The monoisotopic (exact) mass is 441 g/mol. The van der Waals surface area contributed by atoms with Gasteiger partial charge in [0.2, 0.25) is 11.8 Å². The lowest BCUT2D eigenvalue weighted by Crippen LogP contribution is -2.54. The summed E-state index contributed by atoms with van der Waals surface area (Å²) in [6.07, 6.45) is 7.69. The van der Waals surface area contributed by atoms with Crippen LogP contribution < -0.4 is 5.32 Å². The number of aromatic nitrogens is 2. The van der Waals surface area contributed by atoms with Crippen molar-refractivity contribution in [2.75, 3.05) is 32.7 Å². The second-order valence-electron chi connectivity index (χ2n) is 11.1. The molecule has 1 aliphatic heterocycles. The number of carbonyl (C=O) groups is 2. The number of piperazine rings is 1. The van der Waals surface area contributed by atoms with Crippen LogP contribution in [0.5, 0.6) is 0 Å². The van der Waals surface area contributed by atoms with Crippen LogP contribution in [0.4, 0.5) is 0 Å². The Kier molecular flexibility index (Phi) is 5.81. The summed E-state index contributed by atoms with van der Waals surface area (Å²) in [7, 11) is 1.99. The van der Waals surface area contributed by atoms with E-state index in [2.05, 4.69) is 29.2 Å². The minimum atomic E-state index is -0.119. The maximum Gasteiger partial charge on any atom is 0.226 e. The van der Waals surface area contributed by atoms with Crippen molar-refractivity contribution in [3.8, 4) is 0 Å². The van der Waals surface area contributed by atoms with Gasteiger partial charge in [-0.05, 0) is 70.1 Å². The number of nitrogens with one attached hydrogen (secondary N) is 1. The maximum absolute atomic E-state index is 13.1. The summed E-state index contributed by atoms with van der Waals surface area (Å²) >= 11 is 0. The third kappa shape index (κ3) is 4.09. The van der Waals surface area contributed by atoms with E-state index < -0.39 is 0 Å². The highest BCUT2D eigenvalue weighted by Crippen LogP contribution is 2.60. The molecule has 176 valence electrons. The fourth-order valence-corrected chi connectivity index (χ4v) is 7.44. The first kappa shape index (κ1) is 21.9. The molecular weight excluding hydrogens is 402 g/mol. The Labute approximate surface area is 191 Å². The Morgan fingerprint density at radius 1 is 1.00 bits per heavy atom. The quantitative estimate of drug-likeness (QED) is 0.736. The Morgan fingerprint density at radius 3 is 2.12 bits per heavy atom. The van der Waals surface area contributed by atoms with Gasteiger partial charge in [0.1, 0.15) is 0 Å². The van der Waals surface area contributed by atoms with E-state index in [9.17, 15) is 9.59 Å². The number of rotatable bonds is 6. The molecule has 4 bridgehead atoms. The lowest BCUT2D eigenvalue weighted by Gasteiger charge is -2.55. The molecule has 2 amide bonds. The third-order valence-corrected chi connectivity index (χ3v) is 8.91. The second-order valence-corrected chi connectivity index (χ2v) is 11.1. The largest absolute Gasteiger partial charge is 0.355 e. The first-order valence-corrected chi connectivity index (χ1v) is 12.6. The van der Waals surface area contributed by atoms with E-state index in [0.29, 0.717) is 13.0 Å². The normalized spacial score (nSPS) is 31.8. The van der Waals surface area contributed by atoms with E-state index in [-0.39, 0.29) is 17.2 Å². The molecule has 0 unspecified atom stereocenters. The molecule has 1 aromatic heterocycles. The number of nitrogens with zero attached hydrogens (tertiary/aromatic N) is 4. The van der Waals surface area contributed by atoms with Gasteiger partial charge in [-0.3, -0.25) is 19.2 Å². The zero-order valence-electron chi connectivity index (χ0n) is 20.0. The van der Waals surface area contributed by atoms with Crippen molar-refractivity contribution in [1.29, 1.82) is 0 Å². The van der Waals surface area contributed by atoms with Crippen molar-refractivity contribution < 1.29 is 9.59 Å². The van der Waals surface area contributed by atoms with E-state index in [1.165, 1.54) is 30.5 Å². The summed E-state index contributed by atoms with van der Waals surface area (Å²) in [5, 5.41) is 7.68. The van der Waals surface area contributed by atoms with Gasteiger partial charge < -0.3 is 10.2 Å². The van der Waals surface area contributed by atoms with Gasteiger partial charge in [-0.1, -0.05) is 0 Å². The van der Waals surface area contributed by atoms with Gasteiger partial charge in [0.15, 0.2) is 0 Å². The van der Waals surface area contributed by atoms with E-state index in [0.717, 1.165) is 75.4 Å². The summed E-state index contributed by atoms with van der Waals surface area (Å²) in [5.74, 6) is 2.71. The van der Waals surface area contributed by atoms with Crippen LogP contribution in [0, 0.1) is 37.0 Å². The molecule has 0 spiro atoms. The molecule has 4 saturated carbocycles. The van der Waals surface area contributed by atoms with Crippen molar-refractivity contribution >= 4 is 11.8 Å². The molecule has 5 aliphatic rings. The Hall–Kier alpha value is -1.89. The topological polar surface area (TPSA) is 70.5 Å². The number of carbonyl (C=O) groups excluding carboxylic acids is 2. The standard InChI is InChI=1S/C25H39N5O2/c1-17-22(18(2)28(3)27-17)16-29-6-8-30(9-7-29)23(31)4-5-26-24(32)25-13-19-10-20(14-25)12-21(11-19)15-25/h19-21H,4-16H2,1-3H3,(H,26,32). The van der Waals surface area contributed by atoms with Crippen molar-refractivity contribution in [1.82, 2.24) is 24.9 Å². The summed E-state index contributed by atoms with van der Waals surface area (Å²) < 4.78 is 1.95. The lowest BCUT2D eigenvalue weighted by atomic mass is 9.49. The van der Waals surface area contributed by atoms with E-state index in [1.54, 1.807) is 0 Å². The Morgan fingerprint density at radius 2 is 1.59 bits per heavy atom. The van der Waals surface area contributed by atoms with Crippen LogP contribution in [-0.4, -0.2) is 64.1 Å². The highest BCUT2D eigenvalue weighted by Gasteiger charge is 2.54. The molecule has 6 rings (SSSR count). The van der Waals surface area contributed by atoms with Crippen molar-refractivity contribution in [3.05, 3.63) is 17.0 Å². The third-order valence-electron chi connectivity index (χ3n) is 8.91. The van der Waals surface area contributed by atoms with Crippen molar-refractivity contribution in [2.45, 2.75) is 65.3 Å². The minimum Gasteiger partial charge on any atom is -0.355 e. The molecule has 1 aromatic rings. The predicted octanol–water partition coefficient (Wildman–Crippen LogP) is 2.40. The van der Waals surface area contributed by atoms with Gasteiger partial charge in [-0.2, -0.15) is 5.10 Å². The molecule has 1 saturated heterocycles. The zero-order valence-corrected chi connectivity index (χ0v) is 20.0. The molecule has 7 heteroatoms. The van der Waals surface area contributed by atoms with Crippen LogP contribution in [0.25, 0.3) is 0 Å². The zero-order chi connectivity index (χ0) is 22.5. The SMILES string of the molecule is Cc1nn(C)c(C)c1CN1CCN(C(=O)CCNC(=O)C23CC4CC(CC(C4)C2)C3)CC1. The summed E-state index contributed by atoms with van der Waals surface area (Å²) in [4.78, 5) is 30.2.